The van der Waals surface area contributed by atoms with Gasteiger partial charge in [0.25, 0.3) is 0 Å². The molecule has 1 atom stereocenters. The molecule has 1 aliphatic heterocycles. The van der Waals surface area contributed by atoms with Gasteiger partial charge in [0.05, 0.1) is 11.1 Å². The fourth-order valence-corrected chi connectivity index (χ4v) is 3.74. The molecule has 144 valence electrons. The van der Waals surface area contributed by atoms with Crippen LogP contribution in [-0.2, 0) is 0 Å². The van der Waals surface area contributed by atoms with Crippen molar-refractivity contribution in [3.63, 3.8) is 0 Å². The highest BCUT2D eigenvalue weighted by Gasteiger charge is 2.16. The fourth-order valence-electron chi connectivity index (χ4n) is 3.26. The minimum atomic E-state index is -0.447. The first-order chi connectivity index (χ1) is 12.9. The third-order valence-electron chi connectivity index (χ3n) is 5.07. The Bertz CT molecular complexity index is 789. The van der Waals surface area contributed by atoms with Gasteiger partial charge in [0, 0.05) is 24.5 Å². The summed E-state index contributed by atoms with van der Waals surface area (Å²) in [4.78, 5) is 2.45. The van der Waals surface area contributed by atoms with Crippen molar-refractivity contribution in [3.8, 4) is 0 Å². The van der Waals surface area contributed by atoms with Crippen LogP contribution in [0.5, 0.6) is 0 Å². The van der Waals surface area contributed by atoms with Crippen molar-refractivity contribution in [1.82, 2.24) is 5.32 Å². The van der Waals surface area contributed by atoms with Crippen molar-refractivity contribution in [2.75, 3.05) is 23.3 Å². The van der Waals surface area contributed by atoms with Crippen LogP contribution in [0.2, 0.25) is 5.02 Å². The van der Waals surface area contributed by atoms with Gasteiger partial charge in [-0.15, -0.1) is 0 Å². The lowest BCUT2D eigenvalue weighted by Gasteiger charge is -2.32. The zero-order chi connectivity index (χ0) is 19.4. The molecule has 2 N–H and O–H groups in total. The smallest absolute Gasteiger partial charge is 0.171 e. The van der Waals surface area contributed by atoms with E-state index in [4.69, 9.17) is 23.8 Å². The van der Waals surface area contributed by atoms with Gasteiger partial charge in [-0.3, -0.25) is 0 Å². The number of hydrogen-bond acceptors (Lipinski definition) is 2. The summed E-state index contributed by atoms with van der Waals surface area (Å²) in [5.74, 6) is 0.381. The first-order valence-electron chi connectivity index (χ1n) is 9.30. The summed E-state index contributed by atoms with van der Waals surface area (Å²) in [5, 5.41) is 6.83. The summed E-state index contributed by atoms with van der Waals surface area (Å²) >= 11 is 11.2. The summed E-state index contributed by atoms with van der Waals surface area (Å²) in [6.45, 7) is 6.64. The second-order valence-corrected chi connectivity index (χ2v) is 8.03. The van der Waals surface area contributed by atoms with Crippen LogP contribution in [0, 0.1) is 11.7 Å². The monoisotopic (exact) mass is 405 g/mol. The number of rotatable bonds is 4. The van der Waals surface area contributed by atoms with Crippen LogP contribution in [0.4, 0.5) is 15.8 Å². The Morgan fingerprint density at radius 1 is 1.19 bits per heavy atom. The highest BCUT2D eigenvalue weighted by atomic mass is 35.5. The standard InChI is InChI=1S/C21H25ClFN3S/c1-14-9-11-26(12-10-14)18-6-3-16(4-7-18)15(2)24-21(27)25-17-5-8-20(23)19(22)13-17/h3-8,13-15H,9-12H2,1-2H3,(H2,24,25,27). The largest absolute Gasteiger partial charge is 0.372 e. The molecule has 6 heteroatoms. The molecule has 3 nitrogen and oxygen atoms in total. The van der Waals surface area contributed by atoms with Crippen molar-refractivity contribution < 1.29 is 4.39 Å². The Hall–Kier alpha value is -1.85. The van der Waals surface area contributed by atoms with E-state index in [9.17, 15) is 4.39 Å². The van der Waals surface area contributed by atoms with E-state index in [1.165, 1.54) is 30.7 Å². The Morgan fingerprint density at radius 2 is 1.85 bits per heavy atom. The molecule has 0 aliphatic carbocycles. The second-order valence-electron chi connectivity index (χ2n) is 7.21. The molecule has 0 amide bonds. The van der Waals surface area contributed by atoms with Gasteiger partial charge in [-0.25, -0.2) is 4.39 Å². The Kier molecular flexibility index (Phi) is 6.55. The molecule has 1 saturated heterocycles. The molecule has 0 saturated carbocycles. The Balaban J connectivity index is 1.56. The van der Waals surface area contributed by atoms with E-state index in [1.807, 2.05) is 0 Å². The van der Waals surface area contributed by atoms with Gasteiger partial charge in [0.15, 0.2) is 5.11 Å². The maximum Gasteiger partial charge on any atom is 0.171 e. The molecule has 2 aromatic carbocycles. The van der Waals surface area contributed by atoms with E-state index in [1.54, 1.807) is 6.07 Å². The second kappa shape index (κ2) is 8.89. The van der Waals surface area contributed by atoms with Crippen molar-refractivity contribution in [1.29, 1.82) is 0 Å². The lowest BCUT2D eigenvalue weighted by molar-refractivity contribution is 0.438. The van der Waals surface area contributed by atoms with E-state index >= 15 is 0 Å². The van der Waals surface area contributed by atoms with Crippen LogP contribution < -0.4 is 15.5 Å². The number of piperidine rings is 1. The fraction of sp³-hybridized carbons (Fsp3) is 0.381. The lowest BCUT2D eigenvalue weighted by atomic mass is 9.98. The predicted octanol–water partition coefficient (Wildman–Crippen LogP) is 5.76. The molecule has 3 rings (SSSR count). The number of anilines is 2. The summed E-state index contributed by atoms with van der Waals surface area (Å²) in [7, 11) is 0. The number of halogens is 2. The summed E-state index contributed by atoms with van der Waals surface area (Å²) in [6, 6.07) is 13.1. The molecule has 27 heavy (non-hydrogen) atoms. The summed E-state index contributed by atoms with van der Waals surface area (Å²) in [5.41, 5.74) is 3.09. The SMILES string of the molecule is CC1CCN(c2ccc(C(C)NC(=S)Nc3ccc(F)c(Cl)c3)cc2)CC1. The molecule has 2 aromatic rings. The van der Waals surface area contributed by atoms with Gasteiger partial charge >= 0.3 is 0 Å². The van der Waals surface area contributed by atoms with Gasteiger partial charge < -0.3 is 15.5 Å². The van der Waals surface area contributed by atoms with Crippen LogP contribution in [0.1, 0.15) is 38.3 Å². The van der Waals surface area contributed by atoms with Crippen LogP contribution >= 0.6 is 23.8 Å². The zero-order valence-corrected chi connectivity index (χ0v) is 17.2. The normalized spacial score (nSPS) is 16.1. The Labute approximate surface area is 170 Å². The predicted molar refractivity (Wildman–Crippen MR) is 116 cm³/mol. The maximum atomic E-state index is 13.2. The molecule has 0 radical (unpaired) electrons. The van der Waals surface area contributed by atoms with Crippen molar-refractivity contribution in [2.24, 2.45) is 5.92 Å². The van der Waals surface area contributed by atoms with Crippen LogP contribution in [0.3, 0.4) is 0 Å². The van der Waals surface area contributed by atoms with Crippen LogP contribution in [-0.4, -0.2) is 18.2 Å². The van der Waals surface area contributed by atoms with Crippen molar-refractivity contribution >= 4 is 40.3 Å². The number of benzene rings is 2. The molecule has 1 fully saturated rings. The first kappa shape index (κ1) is 19.9. The quantitative estimate of drug-likeness (QED) is 0.632. The maximum absolute atomic E-state index is 13.2. The highest BCUT2D eigenvalue weighted by Crippen LogP contribution is 2.25. The van der Waals surface area contributed by atoms with E-state index in [-0.39, 0.29) is 11.1 Å². The third kappa shape index (κ3) is 5.33. The van der Waals surface area contributed by atoms with Gasteiger partial charge in [0.2, 0.25) is 0 Å². The molecule has 1 heterocycles. The van der Waals surface area contributed by atoms with Gasteiger partial charge in [0.1, 0.15) is 5.82 Å². The molecule has 0 bridgehead atoms. The highest BCUT2D eigenvalue weighted by molar-refractivity contribution is 7.80. The number of nitrogens with zero attached hydrogens (tertiary/aromatic N) is 1. The van der Waals surface area contributed by atoms with Crippen LogP contribution in [0.25, 0.3) is 0 Å². The molecule has 1 aliphatic rings. The van der Waals surface area contributed by atoms with E-state index in [2.05, 4.69) is 53.6 Å². The molecule has 0 aromatic heterocycles. The lowest BCUT2D eigenvalue weighted by Crippen LogP contribution is -2.33. The first-order valence-corrected chi connectivity index (χ1v) is 10.1. The Morgan fingerprint density at radius 3 is 2.48 bits per heavy atom. The molecular formula is C21H25ClFN3S. The van der Waals surface area contributed by atoms with Crippen LogP contribution in [0.15, 0.2) is 42.5 Å². The summed E-state index contributed by atoms with van der Waals surface area (Å²) < 4.78 is 13.2. The molecule has 1 unspecified atom stereocenters. The number of hydrogen-bond donors (Lipinski definition) is 2. The number of thiocarbonyl (C=S) groups is 1. The average Bonchev–Trinajstić information content (AvgIpc) is 2.65. The van der Waals surface area contributed by atoms with E-state index in [0.717, 1.165) is 24.6 Å². The van der Waals surface area contributed by atoms with E-state index in [0.29, 0.717) is 10.8 Å². The molecular weight excluding hydrogens is 381 g/mol. The van der Waals surface area contributed by atoms with Gasteiger partial charge in [-0.1, -0.05) is 30.7 Å². The van der Waals surface area contributed by atoms with Crippen molar-refractivity contribution in [3.05, 3.63) is 58.9 Å². The average molecular weight is 406 g/mol. The minimum absolute atomic E-state index is 0.0522. The van der Waals surface area contributed by atoms with Gasteiger partial charge in [-0.05, 0) is 73.8 Å². The van der Waals surface area contributed by atoms with Gasteiger partial charge in [-0.2, -0.15) is 0 Å². The topological polar surface area (TPSA) is 27.3 Å². The summed E-state index contributed by atoms with van der Waals surface area (Å²) in [6.07, 6.45) is 2.51. The molecule has 0 spiro atoms. The third-order valence-corrected chi connectivity index (χ3v) is 5.58. The van der Waals surface area contributed by atoms with E-state index < -0.39 is 5.82 Å². The minimum Gasteiger partial charge on any atom is -0.372 e. The van der Waals surface area contributed by atoms with Crippen molar-refractivity contribution in [2.45, 2.75) is 32.7 Å². The zero-order valence-electron chi connectivity index (χ0n) is 15.6. The number of nitrogens with one attached hydrogen (secondary N) is 2.